The number of nitrogens with zero attached hydrogens (tertiary/aromatic N) is 2. The van der Waals surface area contributed by atoms with Crippen molar-refractivity contribution in [2.75, 3.05) is 40.3 Å². The standard InChI is InChI=1S/C14H27N3O.2ClH/c1-16-9-5-6-12(10-16)11-17(2)14(18)13-7-3-4-8-15-13;;/h12-13,15H,3-11H2,1-2H3;2*1H. The largest absolute Gasteiger partial charge is 0.344 e. The number of piperidine rings is 2. The first kappa shape index (κ1) is 20.0. The third kappa shape index (κ3) is 5.76. The van der Waals surface area contributed by atoms with Crippen molar-refractivity contribution < 1.29 is 4.79 Å². The van der Waals surface area contributed by atoms with Crippen molar-refractivity contribution in [2.45, 2.75) is 38.1 Å². The maximum Gasteiger partial charge on any atom is 0.239 e. The number of rotatable bonds is 3. The zero-order valence-corrected chi connectivity index (χ0v) is 14.3. The molecular weight excluding hydrogens is 297 g/mol. The molecule has 20 heavy (non-hydrogen) atoms. The minimum Gasteiger partial charge on any atom is -0.344 e. The van der Waals surface area contributed by atoms with E-state index in [2.05, 4.69) is 17.3 Å². The molecule has 1 N–H and O–H groups in total. The van der Waals surface area contributed by atoms with Gasteiger partial charge < -0.3 is 15.1 Å². The lowest BCUT2D eigenvalue weighted by atomic mass is 9.97. The maximum absolute atomic E-state index is 12.3. The first-order chi connectivity index (χ1) is 8.66. The van der Waals surface area contributed by atoms with Gasteiger partial charge in [0.25, 0.3) is 0 Å². The van der Waals surface area contributed by atoms with E-state index in [0.29, 0.717) is 11.8 Å². The number of amides is 1. The Morgan fingerprint density at radius 1 is 1.25 bits per heavy atom. The molecule has 2 fully saturated rings. The summed E-state index contributed by atoms with van der Waals surface area (Å²) in [5.74, 6) is 0.948. The van der Waals surface area contributed by atoms with Crippen LogP contribution in [0, 0.1) is 5.92 Å². The van der Waals surface area contributed by atoms with Crippen LogP contribution in [0.5, 0.6) is 0 Å². The summed E-state index contributed by atoms with van der Waals surface area (Å²) in [7, 11) is 4.14. The Labute approximate surface area is 135 Å². The quantitative estimate of drug-likeness (QED) is 0.859. The lowest BCUT2D eigenvalue weighted by molar-refractivity contribution is -0.133. The maximum atomic E-state index is 12.3. The average molecular weight is 326 g/mol. The smallest absolute Gasteiger partial charge is 0.239 e. The highest BCUT2D eigenvalue weighted by atomic mass is 35.5. The molecule has 1 amide bonds. The molecule has 2 aliphatic rings. The van der Waals surface area contributed by atoms with Crippen LogP contribution >= 0.6 is 24.8 Å². The third-order valence-electron chi connectivity index (χ3n) is 4.24. The summed E-state index contributed by atoms with van der Waals surface area (Å²) in [5, 5.41) is 3.34. The lowest BCUT2D eigenvalue weighted by Crippen LogP contribution is -2.49. The zero-order valence-electron chi connectivity index (χ0n) is 12.6. The first-order valence-electron chi connectivity index (χ1n) is 7.33. The Hall–Kier alpha value is -0.0300. The van der Waals surface area contributed by atoms with E-state index >= 15 is 0 Å². The number of likely N-dealkylation sites (tertiary alicyclic amines) is 1. The Balaban J connectivity index is 0.00000180. The molecule has 0 aromatic carbocycles. The lowest BCUT2D eigenvalue weighted by Gasteiger charge is -2.34. The fraction of sp³-hybridized carbons (Fsp3) is 0.929. The van der Waals surface area contributed by atoms with E-state index in [-0.39, 0.29) is 30.9 Å². The summed E-state index contributed by atoms with van der Waals surface area (Å²) in [4.78, 5) is 16.6. The summed E-state index contributed by atoms with van der Waals surface area (Å²) in [6.45, 7) is 4.26. The Kier molecular flexibility index (Phi) is 9.81. The summed E-state index contributed by atoms with van der Waals surface area (Å²) in [6, 6.07) is 0.0741. The van der Waals surface area contributed by atoms with Gasteiger partial charge in [-0.3, -0.25) is 4.79 Å². The predicted octanol–water partition coefficient (Wildman–Crippen LogP) is 1.77. The van der Waals surface area contributed by atoms with Gasteiger partial charge in [-0.05, 0) is 51.7 Å². The molecule has 2 unspecified atom stereocenters. The SMILES string of the molecule is CN1CCCC(CN(C)C(=O)C2CCCCN2)C1.Cl.Cl. The molecule has 6 heteroatoms. The topological polar surface area (TPSA) is 35.6 Å². The Bertz CT molecular complexity index is 286. The van der Waals surface area contributed by atoms with Gasteiger partial charge in [0.1, 0.15) is 0 Å². The van der Waals surface area contributed by atoms with Gasteiger partial charge >= 0.3 is 0 Å². The van der Waals surface area contributed by atoms with Gasteiger partial charge in [-0.1, -0.05) is 6.42 Å². The fourth-order valence-electron chi connectivity index (χ4n) is 3.23. The molecule has 120 valence electrons. The van der Waals surface area contributed by atoms with Crippen LogP contribution in [-0.4, -0.2) is 62.0 Å². The van der Waals surface area contributed by atoms with Crippen molar-refractivity contribution in [2.24, 2.45) is 5.92 Å². The van der Waals surface area contributed by atoms with Crippen LogP contribution in [-0.2, 0) is 4.79 Å². The molecule has 0 spiro atoms. The van der Waals surface area contributed by atoms with E-state index in [1.54, 1.807) is 0 Å². The fourth-order valence-corrected chi connectivity index (χ4v) is 3.23. The van der Waals surface area contributed by atoms with Gasteiger partial charge in [0, 0.05) is 20.1 Å². The van der Waals surface area contributed by atoms with E-state index < -0.39 is 0 Å². The van der Waals surface area contributed by atoms with E-state index in [9.17, 15) is 4.79 Å². The average Bonchev–Trinajstić information content (AvgIpc) is 2.39. The molecular formula is C14H29Cl2N3O. The second-order valence-electron chi connectivity index (χ2n) is 5.99. The van der Waals surface area contributed by atoms with Gasteiger partial charge in [0.15, 0.2) is 0 Å². The molecule has 0 aromatic heterocycles. The highest BCUT2D eigenvalue weighted by molar-refractivity contribution is 5.85. The molecule has 0 bridgehead atoms. The number of likely N-dealkylation sites (N-methyl/N-ethyl adjacent to an activating group) is 1. The molecule has 2 heterocycles. The zero-order chi connectivity index (χ0) is 13.0. The van der Waals surface area contributed by atoms with E-state index in [0.717, 1.165) is 26.1 Å². The molecule has 0 aromatic rings. The molecule has 0 radical (unpaired) electrons. The summed E-state index contributed by atoms with van der Waals surface area (Å²) in [6.07, 6.45) is 5.93. The van der Waals surface area contributed by atoms with Crippen LogP contribution in [0.25, 0.3) is 0 Å². The summed E-state index contributed by atoms with van der Waals surface area (Å²) in [5.41, 5.74) is 0. The molecule has 0 saturated carbocycles. The number of hydrogen-bond acceptors (Lipinski definition) is 3. The van der Waals surface area contributed by atoms with E-state index in [1.807, 2.05) is 11.9 Å². The second-order valence-corrected chi connectivity index (χ2v) is 5.99. The minimum absolute atomic E-state index is 0. The first-order valence-corrected chi connectivity index (χ1v) is 7.33. The molecule has 2 aliphatic heterocycles. The highest BCUT2D eigenvalue weighted by Gasteiger charge is 2.26. The van der Waals surface area contributed by atoms with E-state index in [1.165, 1.54) is 32.2 Å². The monoisotopic (exact) mass is 325 g/mol. The molecule has 4 nitrogen and oxygen atoms in total. The van der Waals surface area contributed by atoms with Crippen molar-refractivity contribution in [3.05, 3.63) is 0 Å². The predicted molar refractivity (Wildman–Crippen MR) is 88.0 cm³/mol. The van der Waals surface area contributed by atoms with Crippen LogP contribution in [0.1, 0.15) is 32.1 Å². The highest BCUT2D eigenvalue weighted by Crippen LogP contribution is 2.17. The van der Waals surface area contributed by atoms with Crippen molar-refractivity contribution >= 4 is 30.7 Å². The molecule has 2 saturated heterocycles. The van der Waals surface area contributed by atoms with Crippen LogP contribution < -0.4 is 5.32 Å². The van der Waals surface area contributed by atoms with Crippen molar-refractivity contribution in [1.29, 1.82) is 0 Å². The van der Waals surface area contributed by atoms with Gasteiger partial charge in [-0.15, -0.1) is 24.8 Å². The number of carbonyl (C=O) groups is 1. The summed E-state index contributed by atoms with van der Waals surface area (Å²) >= 11 is 0. The van der Waals surface area contributed by atoms with Crippen molar-refractivity contribution in [1.82, 2.24) is 15.1 Å². The van der Waals surface area contributed by atoms with Gasteiger partial charge in [-0.2, -0.15) is 0 Å². The minimum atomic E-state index is 0. The second kappa shape index (κ2) is 9.82. The number of halogens is 2. The number of carbonyl (C=O) groups excluding carboxylic acids is 1. The normalized spacial score (nSPS) is 27.1. The summed E-state index contributed by atoms with van der Waals surface area (Å²) < 4.78 is 0. The van der Waals surface area contributed by atoms with E-state index in [4.69, 9.17) is 0 Å². The molecule has 2 rings (SSSR count). The van der Waals surface area contributed by atoms with Crippen molar-refractivity contribution in [3.63, 3.8) is 0 Å². The third-order valence-corrected chi connectivity index (χ3v) is 4.24. The molecule has 0 aliphatic carbocycles. The van der Waals surface area contributed by atoms with Crippen LogP contribution in [0.2, 0.25) is 0 Å². The number of nitrogens with one attached hydrogen (secondary N) is 1. The number of hydrogen-bond donors (Lipinski definition) is 1. The molecule has 2 atom stereocenters. The van der Waals surface area contributed by atoms with Crippen molar-refractivity contribution in [3.8, 4) is 0 Å². The van der Waals surface area contributed by atoms with Gasteiger partial charge in [0.2, 0.25) is 5.91 Å². The van der Waals surface area contributed by atoms with Crippen LogP contribution in [0.4, 0.5) is 0 Å². The Morgan fingerprint density at radius 2 is 2.00 bits per heavy atom. The Morgan fingerprint density at radius 3 is 2.60 bits per heavy atom. The van der Waals surface area contributed by atoms with Crippen LogP contribution in [0.3, 0.4) is 0 Å². The van der Waals surface area contributed by atoms with Gasteiger partial charge in [0.05, 0.1) is 6.04 Å². The van der Waals surface area contributed by atoms with Gasteiger partial charge in [-0.25, -0.2) is 0 Å². The van der Waals surface area contributed by atoms with Crippen LogP contribution in [0.15, 0.2) is 0 Å².